The van der Waals surface area contributed by atoms with Gasteiger partial charge in [0.15, 0.2) is 0 Å². The fourth-order valence-electron chi connectivity index (χ4n) is 0.839. The summed E-state index contributed by atoms with van der Waals surface area (Å²) in [6.07, 6.45) is 0. The second-order valence-corrected chi connectivity index (χ2v) is 2.12. The number of hydrogen-bond donors (Lipinski definition) is 0. The standard InChI is InChI=1S/C8H6O4.2K.2Na.2H/c9-7(10)5-3-1-2-4-6(5)8(11)12;;;;;;/h1-4H,(H,9,10)(H,11,12);;;;;;/q;2*+1;;;;/p-2. The molecule has 16 heavy (non-hydrogen) atoms. The van der Waals surface area contributed by atoms with Crippen LogP contribution in [0, 0.1) is 0 Å². The van der Waals surface area contributed by atoms with E-state index >= 15 is 0 Å². The van der Waals surface area contributed by atoms with Gasteiger partial charge < -0.3 is 19.8 Å². The molecule has 4 nitrogen and oxygen atoms in total. The molecule has 0 aromatic heterocycles. The Bertz CT molecular complexity index is 314. The van der Waals surface area contributed by atoms with E-state index in [9.17, 15) is 19.8 Å². The quantitative estimate of drug-likeness (QED) is 0.507. The second-order valence-electron chi connectivity index (χ2n) is 2.12. The summed E-state index contributed by atoms with van der Waals surface area (Å²) < 4.78 is 0. The second kappa shape index (κ2) is 14.8. The van der Waals surface area contributed by atoms with Crippen LogP contribution >= 0.6 is 0 Å². The summed E-state index contributed by atoms with van der Waals surface area (Å²) in [4.78, 5) is 20.6. The van der Waals surface area contributed by atoms with Crippen molar-refractivity contribution in [2.45, 2.75) is 0 Å². The number of carboxylic acid groups (broad SMARTS) is 2. The van der Waals surface area contributed by atoms with Gasteiger partial charge in [0, 0.05) is 11.1 Å². The fourth-order valence-corrected chi connectivity index (χ4v) is 0.839. The van der Waals surface area contributed by atoms with Crippen LogP contribution in [-0.4, -0.2) is 71.1 Å². The van der Waals surface area contributed by atoms with Crippen LogP contribution in [0.5, 0.6) is 0 Å². The Morgan fingerprint density at radius 3 is 1.25 bits per heavy atom. The van der Waals surface area contributed by atoms with Crippen LogP contribution in [0.1, 0.15) is 20.7 Å². The fraction of sp³-hybridized carbons (Fsp3) is 0. The predicted octanol–water partition coefficient (Wildman–Crippen LogP) is -8.88. The van der Waals surface area contributed by atoms with Gasteiger partial charge in [0.25, 0.3) is 0 Å². The van der Waals surface area contributed by atoms with Gasteiger partial charge in [0.05, 0.1) is 11.9 Å². The number of carbonyl (C=O) groups is 2. The Labute approximate surface area is 223 Å². The molecule has 0 saturated carbocycles. The maximum atomic E-state index is 10.3. The Hall–Kier alpha value is 3.43. The molecule has 1 aromatic rings. The molecule has 0 unspecified atom stereocenters. The van der Waals surface area contributed by atoms with Crippen molar-refractivity contribution < 1.29 is 123 Å². The third-order valence-electron chi connectivity index (χ3n) is 1.37. The first-order chi connectivity index (χ1) is 5.63. The molecule has 0 bridgehead atoms. The summed E-state index contributed by atoms with van der Waals surface area (Å²) in [6.45, 7) is 0. The molecule has 0 aliphatic heterocycles. The summed E-state index contributed by atoms with van der Waals surface area (Å²) in [6, 6.07) is 5.14. The van der Waals surface area contributed by atoms with Crippen LogP contribution in [0.3, 0.4) is 0 Å². The van der Waals surface area contributed by atoms with Gasteiger partial charge in [-0.15, -0.1) is 0 Å². The van der Waals surface area contributed by atoms with Crippen molar-refractivity contribution in [3.63, 3.8) is 0 Å². The maximum absolute atomic E-state index is 10.3. The zero-order valence-electron chi connectivity index (χ0n) is 7.94. The molecule has 0 saturated heterocycles. The van der Waals surface area contributed by atoms with E-state index in [4.69, 9.17) is 0 Å². The number of benzene rings is 1. The molecule has 66 valence electrons. The molecular formula is C8H6K2Na2O4. The molecule has 0 aliphatic carbocycles. The molecule has 1 aromatic carbocycles. The molecule has 1 rings (SSSR count). The third kappa shape index (κ3) is 9.35. The molecule has 0 atom stereocenters. The van der Waals surface area contributed by atoms with Crippen LogP contribution in [0.2, 0.25) is 0 Å². The molecule has 0 amide bonds. The monoisotopic (exact) mass is 290 g/mol. The van der Waals surface area contributed by atoms with Crippen molar-refractivity contribution in [2.24, 2.45) is 0 Å². The summed E-state index contributed by atoms with van der Waals surface area (Å²) in [7, 11) is 0. The van der Waals surface area contributed by atoms with Crippen LogP contribution in [0.4, 0.5) is 0 Å². The minimum atomic E-state index is -1.52. The molecule has 0 spiro atoms. The van der Waals surface area contributed by atoms with E-state index in [1.165, 1.54) is 12.1 Å². The number of hydrogen-bond acceptors (Lipinski definition) is 4. The average molecular weight is 290 g/mol. The number of aromatic carboxylic acids is 2. The Balaban J connectivity index is -0.000000180. The first kappa shape index (κ1) is 27.7. The Morgan fingerprint density at radius 1 is 0.812 bits per heavy atom. The first-order valence-corrected chi connectivity index (χ1v) is 3.14. The zero-order chi connectivity index (χ0) is 9.14. The van der Waals surface area contributed by atoms with Gasteiger partial charge in [-0.1, -0.05) is 24.3 Å². The first-order valence-electron chi connectivity index (χ1n) is 3.14. The van der Waals surface area contributed by atoms with Crippen LogP contribution in [0.25, 0.3) is 0 Å². The van der Waals surface area contributed by atoms with Crippen molar-refractivity contribution in [3.8, 4) is 0 Å². The van der Waals surface area contributed by atoms with E-state index in [1.54, 1.807) is 0 Å². The van der Waals surface area contributed by atoms with Gasteiger partial charge in [-0.05, 0) is 0 Å². The van der Waals surface area contributed by atoms with Crippen molar-refractivity contribution >= 4 is 71.1 Å². The van der Waals surface area contributed by atoms with Gasteiger partial charge in [-0.2, -0.15) is 0 Å². The minimum absolute atomic E-state index is 0. The third-order valence-corrected chi connectivity index (χ3v) is 1.37. The van der Waals surface area contributed by atoms with E-state index in [-0.39, 0.29) is 173 Å². The molecule has 0 heterocycles. The van der Waals surface area contributed by atoms with E-state index in [0.29, 0.717) is 0 Å². The average Bonchev–Trinajstić information content (AvgIpc) is 2.04. The van der Waals surface area contributed by atoms with Crippen molar-refractivity contribution in [3.05, 3.63) is 35.4 Å². The van der Waals surface area contributed by atoms with Crippen molar-refractivity contribution in [1.82, 2.24) is 0 Å². The molecule has 0 fully saturated rings. The van der Waals surface area contributed by atoms with Gasteiger partial charge in [0.1, 0.15) is 0 Å². The van der Waals surface area contributed by atoms with Crippen LogP contribution < -0.4 is 113 Å². The topological polar surface area (TPSA) is 80.3 Å². The van der Waals surface area contributed by atoms with E-state index in [0.717, 1.165) is 12.1 Å². The normalized spacial score (nSPS) is 7.00. The van der Waals surface area contributed by atoms with Crippen molar-refractivity contribution in [2.75, 3.05) is 0 Å². The number of carbonyl (C=O) groups excluding carboxylic acids is 2. The van der Waals surface area contributed by atoms with E-state index in [2.05, 4.69) is 0 Å². The molecule has 0 N–H and O–H groups in total. The Morgan fingerprint density at radius 2 is 1.06 bits per heavy atom. The Kier molecular flexibility index (Phi) is 25.7. The van der Waals surface area contributed by atoms with Gasteiger partial charge >= 0.3 is 162 Å². The predicted molar refractivity (Wildman–Crippen MR) is 49.4 cm³/mol. The van der Waals surface area contributed by atoms with Crippen LogP contribution in [0.15, 0.2) is 24.3 Å². The van der Waals surface area contributed by atoms with Gasteiger partial charge in [-0.25, -0.2) is 0 Å². The molecule has 0 radical (unpaired) electrons. The van der Waals surface area contributed by atoms with Crippen molar-refractivity contribution in [1.29, 1.82) is 0 Å². The van der Waals surface area contributed by atoms with Gasteiger partial charge in [-0.3, -0.25) is 0 Å². The van der Waals surface area contributed by atoms with Crippen LogP contribution in [-0.2, 0) is 0 Å². The molecular weight excluding hydrogens is 284 g/mol. The van der Waals surface area contributed by atoms with Gasteiger partial charge in [0.2, 0.25) is 0 Å². The summed E-state index contributed by atoms with van der Waals surface area (Å²) in [5.74, 6) is -3.04. The molecule has 8 heteroatoms. The SMILES string of the molecule is O=C([O-])c1ccccc1C(=O)[O-].[K+].[K+].[NaH].[NaH]. The summed E-state index contributed by atoms with van der Waals surface area (Å²) in [5, 5.41) is 20.6. The summed E-state index contributed by atoms with van der Waals surface area (Å²) >= 11 is 0. The molecule has 0 aliphatic rings. The zero-order valence-corrected chi connectivity index (χ0v) is 14.2. The summed E-state index contributed by atoms with van der Waals surface area (Å²) in [5.41, 5.74) is -0.727. The van der Waals surface area contributed by atoms with E-state index in [1.807, 2.05) is 0 Å². The number of carboxylic acids is 2. The van der Waals surface area contributed by atoms with E-state index < -0.39 is 11.9 Å². The number of rotatable bonds is 2.